The monoisotopic (exact) mass is 557 g/mol. The average Bonchev–Trinajstić information content (AvgIpc) is 2.80. The van der Waals surface area contributed by atoms with E-state index in [2.05, 4.69) is 52.0 Å². The molecule has 7 nitrogen and oxygen atoms in total. The summed E-state index contributed by atoms with van der Waals surface area (Å²) in [5, 5.41) is 9.78. The molecule has 0 radical (unpaired) electrons. The van der Waals surface area contributed by atoms with Crippen LogP contribution >= 0.6 is 24.0 Å². The molecule has 3 N–H and O–H groups in total. The quantitative estimate of drug-likeness (QED) is 0.247. The van der Waals surface area contributed by atoms with E-state index in [0.29, 0.717) is 25.6 Å². The second-order valence-corrected chi connectivity index (χ2v) is 8.43. The topological polar surface area (TPSA) is 78.0 Å². The maximum absolute atomic E-state index is 12.2. The molecule has 32 heavy (non-hydrogen) atoms. The fourth-order valence-corrected chi connectivity index (χ4v) is 4.21. The molecule has 1 heterocycles. The summed E-state index contributed by atoms with van der Waals surface area (Å²) in [5.74, 6) is 0.889. The molecule has 1 aliphatic carbocycles. The zero-order valence-corrected chi connectivity index (χ0v) is 21.7. The number of aliphatic imine (C=N–C) groups is 1. The molecule has 0 unspecified atom stereocenters. The number of carbonyl (C=O) groups excluding carboxylic acids is 1. The van der Waals surface area contributed by atoms with Crippen LogP contribution in [0.1, 0.15) is 56.6 Å². The molecule has 1 saturated carbocycles. The Morgan fingerprint density at radius 1 is 1.09 bits per heavy atom. The summed E-state index contributed by atoms with van der Waals surface area (Å²) >= 11 is 0. The largest absolute Gasteiger partial charge is 0.379 e. The lowest BCUT2D eigenvalue weighted by Gasteiger charge is -2.27. The number of ether oxygens (including phenoxy) is 1. The van der Waals surface area contributed by atoms with Gasteiger partial charge in [-0.15, -0.1) is 24.0 Å². The molecule has 0 aromatic heterocycles. The second-order valence-electron chi connectivity index (χ2n) is 8.43. The van der Waals surface area contributed by atoms with Crippen molar-refractivity contribution in [2.45, 2.75) is 64.6 Å². The van der Waals surface area contributed by atoms with Gasteiger partial charge in [0, 0.05) is 45.2 Å². The van der Waals surface area contributed by atoms with E-state index in [4.69, 9.17) is 9.73 Å². The van der Waals surface area contributed by atoms with Gasteiger partial charge in [0.2, 0.25) is 5.91 Å². The van der Waals surface area contributed by atoms with Crippen molar-refractivity contribution in [3.05, 3.63) is 35.4 Å². The zero-order chi connectivity index (χ0) is 21.7. The number of guanidine groups is 1. The minimum atomic E-state index is 0. The third-order valence-electron chi connectivity index (χ3n) is 5.98. The van der Waals surface area contributed by atoms with Crippen LogP contribution in [0.5, 0.6) is 0 Å². The predicted molar refractivity (Wildman–Crippen MR) is 140 cm³/mol. The van der Waals surface area contributed by atoms with Crippen LogP contribution in [0.3, 0.4) is 0 Å². The fourth-order valence-electron chi connectivity index (χ4n) is 4.21. The van der Waals surface area contributed by atoms with E-state index >= 15 is 0 Å². The number of hydrogen-bond acceptors (Lipinski definition) is 4. The van der Waals surface area contributed by atoms with Crippen molar-refractivity contribution in [3.8, 4) is 0 Å². The molecule has 1 aliphatic heterocycles. The molecule has 2 fully saturated rings. The van der Waals surface area contributed by atoms with Crippen molar-refractivity contribution in [3.63, 3.8) is 0 Å². The highest BCUT2D eigenvalue weighted by molar-refractivity contribution is 14.0. The van der Waals surface area contributed by atoms with Crippen molar-refractivity contribution in [1.82, 2.24) is 20.9 Å². The average molecular weight is 558 g/mol. The first-order valence-electron chi connectivity index (χ1n) is 11.9. The molecular weight excluding hydrogens is 517 g/mol. The summed E-state index contributed by atoms with van der Waals surface area (Å²) in [7, 11) is 0. The standard InChI is InChI=1S/C24H39N5O2.HI/c1-2-25-24(26-13-12-23(30)28-22-10-4-3-5-11-22)27-18-20-8-6-7-9-21(20)19-29-14-16-31-17-15-29;/h6-9,22H,2-5,10-19H2,1H3,(H,28,30)(H2,25,26,27);1H. The van der Waals surface area contributed by atoms with Crippen LogP contribution in [0, 0.1) is 0 Å². The number of nitrogens with zero attached hydrogens (tertiary/aromatic N) is 2. The molecule has 1 saturated heterocycles. The summed E-state index contributed by atoms with van der Waals surface area (Å²) in [6.07, 6.45) is 6.46. The van der Waals surface area contributed by atoms with Crippen molar-refractivity contribution in [2.75, 3.05) is 39.4 Å². The van der Waals surface area contributed by atoms with Crippen molar-refractivity contribution < 1.29 is 9.53 Å². The van der Waals surface area contributed by atoms with E-state index in [0.717, 1.165) is 58.2 Å². The van der Waals surface area contributed by atoms with Gasteiger partial charge in [-0.1, -0.05) is 43.5 Å². The van der Waals surface area contributed by atoms with Gasteiger partial charge in [-0.3, -0.25) is 9.69 Å². The third kappa shape index (κ3) is 9.62. The Kier molecular flexibility index (Phi) is 13.0. The minimum Gasteiger partial charge on any atom is -0.379 e. The summed E-state index contributed by atoms with van der Waals surface area (Å²) < 4.78 is 5.46. The second kappa shape index (κ2) is 15.4. The molecule has 1 aromatic rings. The molecule has 0 atom stereocenters. The summed E-state index contributed by atoms with van der Waals surface area (Å²) in [5.41, 5.74) is 2.55. The number of rotatable bonds is 9. The maximum atomic E-state index is 12.2. The Bertz CT molecular complexity index is 703. The number of morpholine rings is 1. The molecule has 3 rings (SSSR count). The van der Waals surface area contributed by atoms with Gasteiger partial charge in [0.05, 0.1) is 19.8 Å². The first kappa shape index (κ1) is 26.9. The number of amides is 1. The van der Waals surface area contributed by atoms with Crippen LogP contribution in [-0.2, 0) is 22.6 Å². The highest BCUT2D eigenvalue weighted by Gasteiger charge is 2.15. The van der Waals surface area contributed by atoms with Gasteiger partial charge in [-0.05, 0) is 30.9 Å². The molecule has 180 valence electrons. The van der Waals surface area contributed by atoms with Crippen molar-refractivity contribution >= 4 is 35.8 Å². The fraction of sp³-hybridized carbons (Fsp3) is 0.667. The molecule has 8 heteroatoms. The SMILES string of the molecule is CCNC(=NCc1ccccc1CN1CCOCC1)NCCC(=O)NC1CCCCC1.I. The van der Waals surface area contributed by atoms with Gasteiger partial charge in [-0.2, -0.15) is 0 Å². The van der Waals surface area contributed by atoms with E-state index < -0.39 is 0 Å². The molecule has 1 aromatic carbocycles. The molecule has 0 spiro atoms. The van der Waals surface area contributed by atoms with E-state index in [1.54, 1.807) is 0 Å². The predicted octanol–water partition coefficient (Wildman–Crippen LogP) is 3.03. The molecule has 1 amide bonds. The Labute approximate surface area is 210 Å². The maximum Gasteiger partial charge on any atom is 0.221 e. The van der Waals surface area contributed by atoms with Crippen LogP contribution in [0.25, 0.3) is 0 Å². The number of nitrogens with one attached hydrogen (secondary N) is 3. The van der Waals surface area contributed by atoms with Gasteiger partial charge in [-0.25, -0.2) is 4.99 Å². The van der Waals surface area contributed by atoms with Gasteiger partial charge in [0.25, 0.3) is 0 Å². The molecular formula is C24H40IN5O2. The van der Waals surface area contributed by atoms with Crippen molar-refractivity contribution in [2.24, 2.45) is 4.99 Å². The van der Waals surface area contributed by atoms with Gasteiger partial charge in [0.1, 0.15) is 0 Å². The van der Waals surface area contributed by atoms with Gasteiger partial charge in [0.15, 0.2) is 5.96 Å². The van der Waals surface area contributed by atoms with Crippen LogP contribution in [0.4, 0.5) is 0 Å². The van der Waals surface area contributed by atoms with Gasteiger partial charge >= 0.3 is 0 Å². The minimum absolute atomic E-state index is 0. The van der Waals surface area contributed by atoms with E-state index in [1.807, 2.05) is 0 Å². The van der Waals surface area contributed by atoms with E-state index in [1.165, 1.54) is 30.4 Å². The highest BCUT2D eigenvalue weighted by Crippen LogP contribution is 2.17. The van der Waals surface area contributed by atoms with Gasteiger partial charge < -0.3 is 20.7 Å². The Morgan fingerprint density at radius 2 is 1.81 bits per heavy atom. The van der Waals surface area contributed by atoms with E-state index in [-0.39, 0.29) is 29.9 Å². The smallest absolute Gasteiger partial charge is 0.221 e. The third-order valence-corrected chi connectivity index (χ3v) is 5.98. The van der Waals surface area contributed by atoms with Crippen LogP contribution < -0.4 is 16.0 Å². The summed E-state index contributed by atoms with van der Waals surface area (Å²) in [6, 6.07) is 8.88. The Balaban J connectivity index is 0.00000363. The van der Waals surface area contributed by atoms with Crippen LogP contribution in [0.15, 0.2) is 29.3 Å². The Morgan fingerprint density at radius 3 is 2.53 bits per heavy atom. The normalized spacial score (nSPS) is 18.0. The number of carbonyl (C=O) groups is 1. The Hall–Kier alpha value is -1.39. The van der Waals surface area contributed by atoms with Crippen LogP contribution in [-0.4, -0.2) is 62.2 Å². The summed E-state index contributed by atoms with van der Waals surface area (Å²) in [4.78, 5) is 19.4. The van der Waals surface area contributed by atoms with Crippen LogP contribution in [0.2, 0.25) is 0 Å². The first-order chi connectivity index (χ1) is 15.2. The van der Waals surface area contributed by atoms with Crippen molar-refractivity contribution in [1.29, 1.82) is 0 Å². The highest BCUT2D eigenvalue weighted by atomic mass is 127. The lowest BCUT2D eigenvalue weighted by Crippen LogP contribution is -2.41. The number of halogens is 1. The zero-order valence-electron chi connectivity index (χ0n) is 19.4. The molecule has 0 bridgehead atoms. The van der Waals surface area contributed by atoms with E-state index in [9.17, 15) is 4.79 Å². The number of hydrogen-bond donors (Lipinski definition) is 3. The number of benzene rings is 1. The first-order valence-corrected chi connectivity index (χ1v) is 11.9. The lowest BCUT2D eigenvalue weighted by atomic mass is 9.95. The summed E-state index contributed by atoms with van der Waals surface area (Å²) in [6.45, 7) is 8.54. The molecule has 2 aliphatic rings. The lowest BCUT2D eigenvalue weighted by molar-refractivity contribution is -0.121.